The zero-order chi connectivity index (χ0) is 22.5. The van der Waals surface area contributed by atoms with Gasteiger partial charge in [-0.05, 0) is 24.1 Å². The fourth-order valence-corrected chi connectivity index (χ4v) is 3.39. The van der Waals surface area contributed by atoms with E-state index in [0.29, 0.717) is 23.6 Å². The lowest BCUT2D eigenvalue weighted by Gasteiger charge is -2.19. The summed E-state index contributed by atoms with van der Waals surface area (Å²) in [5, 5.41) is 3.22. The fourth-order valence-electron chi connectivity index (χ4n) is 3.19. The van der Waals surface area contributed by atoms with Crippen LogP contribution in [0.1, 0.15) is 18.1 Å². The highest BCUT2D eigenvalue weighted by atomic mass is 35.5. The number of methoxy groups -OCH3 is 3. The van der Waals surface area contributed by atoms with Gasteiger partial charge in [-0.2, -0.15) is 4.98 Å². The first-order chi connectivity index (χ1) is 14.9. The van der Waals surface area contributed by atoms with Crippen molar-refractivity contribution < 1.29 is 18.6 Å². The van der Waals surface area contributed by atoms with Crippen LogP contribution in [0.4, 0.5) is 16.0 Å². The Balaban J connectivity index is 2.09. The van der Waals surface area contributed by atoms with E-state index in [9.17, 15) is 9.18 Å². The van der Waals surface area contributed by atoms with E-state index in [1.807, 2.05) is 6.92 Å². The second-order valence-electron chi connectivity index (χ2n) is 6.65. The SMILES string of the molecule is CCc1c(Nc2nc(=O)c(OC)cn2Cc2ccc(F)c(Cl)c2)cc(OC)cc1OC. The van der Waals surface area contributed by atoms with Crippen LogP contribution in [0.2, 0.25) is 5.02 Å². The van der Waals surface area contributed by atoms with Crippen molar-refractivity contribution in [3.05, 3.63) is 68.8 Å². The number of aromatic nitrogens is 2. The van der Waals surface area contributed by atoms with Crippen LogP contribution in [-0.2, 0) is 13.0 Å². The van der Waals surface area contributed by atoms with Crippen molar-refractivity contribution in [1.82, 2.24) is 9.55 Å². The molecular formula is C22H23ClFN3O4. The molecule has 1 N–H and O–H groups in total. The van der Waals surface area contributed by atoms with Crippen LogP contribution < -0.4 is 25.1 Å². The van der Waals surface area contributed by atoms with E-state index in [1.54, 1.807) is 37.0 Å². The van der Waals surface area contributed by atoms with Gasteiger partial charge in [0.15, 0.2) is 0 Å². The average Bonchev–Trinajstić information content (AvgIpc) is 2.77. The molecule has 7 nitrogen and oxygen atoms in total. The molecule has 3 rings (SSSR count). The Labute approximate surface area is 184 Å². The molecule has 0 spiro atoms. The lowest BCUT2D eigenvalue weighted by molar-refractivity contribution is 0.392. The van der Waals surface area contributed by atoms with Gasteiger partial charge in [-0.15, -0.1) is 0 Å². The molecule has 2 aromatic carbocycles. The van der Waals surface area contributed by atoms with E-state index in [-0.39, 0.29) is 23.3 Å². The molecule has 0 aliphatic carbocycles. The Hall–Kier alpha value is -3.26. The smallest absolute Gasteiger partial charge is 0.316 e. The highest BCUT2D eigenvalue weighted by Crippen LogP contribution is 2.34. The zero-order valence-corrected chi connectivity index (χ0v) is 18.4. The number of nitrogens with zero attached hydrogens (tertiary/aromatic N) is 2. The number of ether oxygens (including phenoxy) is 3. The summed E-state index contributed by atoms with van der Waals surface area (Å²) in [6.07, 6.45) is 2.21. The molecule has 0 bridgehead atoms. The van der Waals surface area contributed by atoms with Crippen molar-refractivity contribution in [3.63, 3.8) is 0 Å². The van der Waals surface area contributed by atoms with Gasteiger partial charge in [-0.3, -0.25) is 4.79 Å². The first-order valence-corrected chi connectivity index (χ1v) is 9.89. The number of nitrogens with one attached hydrogen (secondary N) is 1. The Morgan fingerprint density at radius 3 is 2.45 bits per heavy atom. The summed E-state index contributed by atoms with van der Waals surface area (Å²) in [6, 6.07) is 8.02. The Bertz CT molecular complexity index is 1150. The minimum absolute atomic E-state index is 0.0128. The van der Waals surface area contributed by atoms with Crippen molar-refractivity contribution in [1.29, 1.82) is 0 Å². The third-order valence-electron chi connectivity index (χ3n) is 4.76. The second-order valence-corrected chi connectivity index (χ2v) is 7.06. The van der Waals surface area contributed by atoms with Gasteiger partial charge in [0.05, 0.1) is 44.8 Å². The van der Waals surface area contributed by atoms with E-state index < -0.39 is 11.4 Å². The Kier molecular flexibility index (Phi) is 7.02. The van der Waals surface area contributed by atoms with Crippen LogP contribution >= 0.6 is 11.6 Å². The molecule has 164 valence electrons. The average molecular weight is 448 g/mol. The molecule has 1 aromatic heterocycles. The summed E-state index contributed by atoms with van der Waals surface area (Å²) in [6.45, 7) is 2.26. The maximum absolute atomic E-state index is 13.6. The topological polar surface area (TPSA) is 74.6 Å². The third kappa shape index (κ3) is 4.91. The second kappa shape index (κ2) is 9.70. The van der Waals surface area contributed by atoms with Crippen LogP contribution in [0.3, 0.4) is 0 Å². The van der Waals surface area contributed by atoms with Crippen LogP contribution in [0.5, 0.6) is 17.2 Å². The highest BCUT2D eigenvalue weighted by Gasteiger charge is 2.15. The Morgan fingerprint density at radius 2 is 1.84 bits per heavy atom. The predicted molar refractivity (Wildman–Crippen MR) is 118 cm³/mol. The molecule has 0 fully saturated rings. The van der Waals surface area contributed by atoms with E-state index in [4.69, 9.17) is 25.8 Å². The van der Waals surface area contributed by atoms with E-state index in [2.05, 4.69) is 10.3 Å². The number of benzene rings is 2. The summed E-state index contributed by atoms with van der Waals surface area (Å²) >= 11 is 5.92. The molecule has 0 saturated carbocycles. The van der Waals surface area contributed by atoms with Crippen LogP contribution in [-0.4, -0.2) is 30.9 Å². The molecular weight excluding hydrogens is 425 g/mol. The predicted octanol–water partition coefficient (Wildman–Crippen LogP) is 4.42. The molecule has 0 aliphatic heterocycles. The molecule has 0 atom stereocenters. The van der Waals surface area contributed by atoms with Gasteiger partial charge >= 0.3 is 5.56 Å². The first-order valence-electron chi connectivity index (χ1n) is 9.51. The summed E-state index contributed by atoms with van der Waals surface area (Å²) in [7, 11) is 4.54. The number of hydrogen-bond donors (Lipinski definition) is 1. The highest BCUT2D eigenvalue weighted by molar-refractivity contribution is 6.30. The molecule has 31 heavy (non-hydrogen) atoms. The quantitative estimate of drug-likeness (QED) is 0.551. The fraction of sp³-hybridized carbons (Fsp3) is 0.273. The molecule has 3 aromatic rings. The molecule has 0 radical (unpaired) electrons. The monoisotopic (exact) mass is 447 g/mol. The largest absolute Gasteiger partial charge is 0.497 e. The van der Waals surface area contributed by atoms with Gasteiger partial charge in [0.1, 0.15) is 17.3 Å². The summed E-state index contributed by atoms with van der Waals surface area (Å²) in [4.78, 5) is 16.5. The van der Waals surface area contributed by atoms with E-state index >= 15 is 0 Å². The lowest BCUT2D eigenvalue weighted by atomic mass is 10.1. The van der Waals surface area contributed by atoms with Gasteiger partial charge in [0.25, 0.3) is 0 Å². The van der Waals surface area contributed by atoms with Gasteiger partial charge in [0.2, 0.25) is 11.7 Å². The third-order valence-corrected chi connectivity index (χ3v) is 5.05. The maximum Gasteiger partial charge on any atom is 0.316 e. The van der Waals surface area contributed by atoms with Crippen LogP contribution in [0, 0.1) is 5.82 Å². The summed E-state index contributed by atoms with van der Waals surface area (Å²) in [5.41, 5.74) is 1.78. The molecule has 0 unspecified atom stereocenters. The number of rotatable bonds is 8. The van der Waals surface area contributed by atoms with E-state index in [0.717, 1.165) is 11.1 Å². The van der Waals surface area contributed by atoms with Gasteiger partial charge < -0.3 is 24.1 Å². The number of hydrogen-bond acceptors (Lipinski definition) is 6. The van der Waals surface area contributed by atoms with Crippen molar-refractivity contribution >= 4 is 23.2 Å². The number of halogens is 2. The zero-order valence-electron chi connectivity index (χ0n) is 17.7. The van der Waals surface area contributed by atoms with Gasteiger partial charge in [-0.1, -0.05) is 24.6 Å². The van der Waals surface area contributed by atoms with Crippen molar-refractivity contribution in [3.8, 4) is 17.2 Å². The van der Waals surface area contributed by atoms with Gasteiger partial charge in [0, 0.05) is 17.7 Å². The molecule has 1 heterocycles. The number of anilines is 2. The standard InChI is InChI=1S/C22H23ClFN3O4/c1-5-15-18(9-14(29-2)10-19(15)30-3)25-22-26-21(28)20(31-4)12-27(22)11-13-6-7-17(24)16(23)8-13/h6-10,12H,5,11H2,1-4H3,(H,25,26,28). The molecule has 0 amide bonds. The normalized spacial score (nSPS) is 10.6. The summed E-state index contributed by atoms with van der Waals surface area (Å²) in [5.74, 6) is 1.09. The molecule has 0 saturated heterocycles. The lowest BCUT2D eigenvalue weighted by Crippen LogP contribution is -2.19. The van der Waals surface area contributed by atoms with Crippen LogP contribution in [0.15, 0.2) is 41.3 Å². The van der Waals surface area contributed by atoms with Crippen molar-refractivity contribution in [2.75, 3.05) is 26.6 Å². The maximum atomic E-state index is 13.6. The Morgan fingerprint density at radius 1 is 1.10 bits per heavy atom. The minimum atomic E-state index is -0.522. The molecule has 9 heteroatoms. The van der Waals surface area contributed by atoms with E-state index in [1.165, 1.54) is 25.4 Å². The minimum Gasteiger partial charge on any atom is -0.497 e. The van der Waals surface area contributed by atoms with Crippen molar-refractivity contribution in [2.24, 2.45) is 0 Å². The summed E-state index contributed by atoms with van der Waals surface area (Å²) < 4.78 is 31.2. The first kappa shape index (κ1) is 22.4. The van der Waals surface area contributed by atoms with Gasteiger partial charge in [-0.25, -0.2) is 4.39 Å². The van der Waals surface area contributed by atoms with Crippen molar-refractivity contribution in [2.45, 2.75) is 19.9 Å². The molecule has 0 aliphatic rings. The van der Waals surface area contributed by atoms with Crippen LogP contribution in [0.25, 0.3) is 0 Å².